The van der Waals surface area contributed by atoms with Crippen molar-refractivity contribution >= 4 is 11.8 Å². The van der Waals surface area contributed by atoms with Gasteiger partial charge in [0.15, 0.2) is 0 Å². The predicted octanol–water partition coefficient (Wildman–Crippen LogP) is 4.01. The average molecular weight is 275 g/mol. The molecule has 1 aromatic carbocycles. The normalized spacial score (nSPS) is 19.1. The van der Waals surface area contributed by atoms with Gasteiger partial charge in [-0.1, -0.05) is 24.3 Å². The first-order chi connectivity index (χ1) is 9.34. The SMILES string of the molecule is Cc1ccccc1CSCCNC(C1CC1)C1CC1. The van der Waals surface area contributed by atoms with Crippen LogP contribution in [0.3, 0.4) is 0 Å². The molecule has 2 saturated carbocycles. The van der Waals surface area contributed by atoms with E-state index in [9.17, 15) is 0 Å². The van der Waals surface area contributed by atoms with Crippen LogP contribution in [0.15, 0.2) is 24.3 Å². The molecular formula is C17H25NS. The highest BCUT2D eigenvalue weighted by Crippen LogP contribution is 2.44. The molecule has 0 spiro atoms. The van der Waals surface area contributed by atoms with Crippen molar-refractivity contribution in [1.82, 2.24) is 5.32 Å². The number of nitrogens with one attached hydrogen (secondary N) is 1. The van der Waals surface area contributed by atoms with Crippen LogP contribution in [0.1, 0.15) is 36.8 Å². The molecular weight excluding hydrogens is 250 g/mol. The zero-order valence-electron chi connectivity index (χ0n) is 11.9. The second kappa shape index (κ2) is 6.32. The quantitative estimate of drug-likeness (QED) is 0.720. The molecule has 0 unspecified atom stereocenters. The van der Waals surface area contributed by atoms with E-state index in [4.69, 9.17) is 0 Å². The van der Waals surface area contributed by atoms with Gasteiger partial charge in [-0.15, -0.1) is 0 Å². The van der Waals surface area contributed by atoms with Crippen molar-refractivity contribution in [2.45, 2.75) is 44.4 Å². The van der Waals surface area contributed by atoms with Gasteiger partial charge in [0.05, 0.1) is 0 Å². The van der Waals surface area contributed by atoms with E-state index in [-0.39, 0.29) is 0 Å². The van der Waals surface area contributed by atoms with Gasteiger partial charge in [-0.3, -0.25) is 0 Å². The largest absolute Gasteiger partial charge is 0.313 e. The maximum Gasteiger partial charge on any atom is 0.0187 e. The van der Waals surface area contributed by atoms with E-state index < -0.39 is 0 Å². The lowest BCUT2D eigenvalue weighted by Crippen LogP contribution is -2.34. The minimum atomic E-state index is 0.860. The maximum absolute atomic E-state index is 3.82. The third kappa shape index (κ3) is 4.00. The second-order valence-corrected chi connectivity index (χ2v) is 7.24. The molecule has 2 fully saturated rings. The van der Waals surface area contributed by atoms with Crippen molar-refractivity contribution in [2.24, 2.45) is 11.8 Å². The van der Waals surface area contributed by atoms with Crippen LogP contribution in [-0.2, 0) is 5.75 Å². The highest BCUT2D eigenvalue weighted by molar-refractivity contribution is 7.98. The van der Waals surface area contributed by atoms with Crippen LogP contribution in [0.4, 0.5) is 0 Å². The van der Waals surface area contributed by atoms with Crippen LogP contribution in [-0.4, -0.2) is 18.3 Å². The van der Waals surface area contributed by atoms with E-state index in [2.05, 4.69) is 48.3 Å². The summed E-state index contributed by atoms with van der Waals surface area (Å²) in [7, 11) is 0. The summed E-state index contributed by atoms with van der Waals surface area (Å²) in [5.41, 5.74) is 2.92. The van der Waals surface area contributed by atoms with Crippen LogP contribution in [0, 0.1) is 18.8 Å². The molecule has 1 N–H and O–H groups in total. The van der Waals surface area contributed by atoms with E-state index >= 15 is 0 Å². The Morgan fingerprint density at radius 2 is 1.84 bits per heavy atom. The van der Waals surface area contributed by atoms with Gasteiger partial charge in [0, 0.05) is 24.1 Å². The maximum atomic E-state index is 3.82. The average Bonchev–Trinajstić information content (AvgIpc) is 3.28. The van der Waals surface area contributed by atoms with Crippen LogP contribution < -0.4 is 5.32 Å². The standard InChI is InChI=1S/C17H25NS/c1-13-4-2-3-5-16(13)12-19-11-10-18-17(14-6-7-14)15-8-9-15/h2-5,14-15,17-18H,6-12H2,1H3. The zero-order valence-corrected chi connectivity index (χ0v) is 12.7. The van der Waals surface area contributed by atoms with E-state index in [0.717, 1.165) is 23.6 Å². The Balaban J connectivity index is 1.33. The molecule has 2 aliphatic rings. The number of thioether (sulfide) groups is 1. The number of aryl methyl sites for hydroxylation is 1. The summed E-state index contributed by atoms with van der Waals surface area (Å²) >= 11 is 2.06. The van der Waals surface area contributed by atoms with Crippen molar-refractivity contribution in [3.05, 3.63) is 35.4 Å². The minimum Gasteiger partial charge on any atom is -0.313 e. The highest BCUT2D eigenvalue weighted by Gasteiger charge is 2.40. The van der Waals surface area contributed by atoms with Crippen LogP contribution in [0.2, 0.25) is 0 Å². The molecule has 2 aliphatic carbocycles. The molecule has 2 heteroatoms. The van der Waals surface area contributed by atoms with Gasteiger partial charge >= 0.3 is 0 Å². The first kappa shape index (κ1) is 13.5. The van der Waals surface area contributed by atoms with Crippen molar-refractivity contribution in [3.63, 3.8) is 0 Å². The van der Waals surface area contributed by atoms with Gasteiger partial charge in [-0.2, -0.15) is 11.8 Å². The fourth-order valence-corrected chi connectivity index (χ4v) is 3.83. The molecule has 1 aromatic rings. The molecule has 19 heavy (non-hydrogen) atoms. The van der Waals surface area contributed by atoms with E-state index in [1.54, 1.807) is 0 Å². The summed E-state index contributed by atoms with van der Waals surface area (Å²) in [6.45, 7) is 3.40. The molecule has 0 atom stereocenters. The lowest BCUT2D eigenvalue weighted by molar-refractivity contribution is 0.429. The molecule has 0 radical (unpaired) electrons. The third-order valence-electron chi connectivity index (χ3n) is 4.41. The molecule has 0 aromatic heterocycles. The van der Waals surface area contributed by atoms with Crippen molar-refractivity contribution in [2.75, 3.05) is 12.3 Å². The Kier molecular flexibility index (Phi) is 4.49. The molecule has 0 amide bonds. The minimum absolute atomic E-state index is 0.860. The Morgan fingerprint density at radius 1 is 1.16 bits per heavy atom. The highest BCUT2D eigenvalue weighted by atomic mass is 32.2. The Hall–Kier alpha value is -0.470. The number of rotatable bonds is 8. The summed E-state index contributed by atoms with van der Waals surface area (Å²) in [6.07, 6.45) is 5.91. The Bertz CT molecular complexity index is 397. The second-order valence-electron chi connectivity index (χ2n) is 6.13. The van der Waals surface area contributed by atoms with Crippen LogP contribution >= 0.6 is 11.8 Å². The smallest absolute Gasteiger partial charge is 0.0187 e. The first-order valence-corrected chi connectivity index (χ1v) is 8.85. The van der Waals surface area contributed by atoms with Gasteiger partial charge < -0.3 is 5.32 Å². The topological polar surface area (TPSA) is 12.0 Å². The molecule has 0 saturated heterocycles. The van der Waals surface area contributed by atoms with E-state index in [1.165, 1.54) is 49.1 Å². The molecule has 1 nitrogen and oxygen atoms in total. The summed E-state index contributed by atoms with van der Waals surface area (Å²) in [5, 5.41) is 3.82. The summed E-state index contributed by atoms with van der Waals surface area (Å²) in [6, 6.07) is 9.61. The molecule has 0 bridgehead atoms. The number of benzene rings is 1. The molecule has 0 heterocycles. The van der Waals surface area contributed by atoms with Crippen LogP contribution in [0.5, 0.6) is 0 Å². The lowest BCUT2D eigenvalue weighted by atomic mass is 10.1. The van der Waals surface area contributed by atoms with E-state index in [1.807, 2.05) is 0 Å². The molecule has 0 aliphatic heterocycles. The van der Waals surface area contributed by atoms with Gasteiger partial charge in [0.1, 0.15) is 0 Å². The molecule has 104 valence electrons. The zero-order chi connectivity index (χ0) is 13.1. The predicted molar refractivity (Wildman–Crippen MR) is 84.6 cm³/mol. The van der Waals surface area contributed by atoms with Gasteiger partial charge in [0.2, 0.25) is 0 Å². The lowest BCUT2D eigenvalue weighted by Gasteiger charge is -2.17. The third-order valence-corrected chi connectivity index (χ3v) is 5.41. The summed E-state index contributed by atoms with van der Waals surface area (Å²) in [5.74, 6) is 4.44. The number of hydrogen-bond acceptors (Lipinski definition) is 2. The first-order valence-electron chi connectivity index (χ1n) is 7.70. The monoisotopic (exact) mass is 275 g/mol. The van der Waals surface area contributed by atoms with Crippen molar-refractivity contribution in [3.8, 4) is 0 Å². The fourth-order valence-electron chi connectivity index (χ4n) is 2.88. The van der Waals surface area contributed by atoms with Crippen molar-refractivity contribution in [1.29, 1.82) is 0 Å². The van der Waals surface area contributed by atoms with E-state index in [0.29, 0.717) is 0 Å². The van der Waals surface area contributed by atoms with Gasteiger partial charge in [-0.05, 0) is 55.6 Å². The van der Waals surface area contributed by atoms with Crippen molar-refractivity contribution < 1.29 is 0 Å². The number of hydrogen-bond donors (Lipinski definition) is 1. The summed E-state index contributed by atoms with van der Waals surface area (Å²) in [4.78, 5) is 0. The fraction of sp³-hybridized carbons (Fsp3) is 0.647. The summed E-state index contributed by atoms with van der Waals surface area (Å²) < 4.78 is 0. The van der Waals surface area contributed by atoms with Gasteiger partial charge in [-0.25, -0.2) is 0 Å². The Labute approximate surface area is 121 Å². The Morgan fingerprint density at radius 3 is 2.47 bits per heavy atom. The van der Waals surface area contributed by atoms with Crippen LogP contribution in [0.25, 0.3) is 0 Å². The molecule has 3 rings (SSSR count). The van der Waals surface area contributed by atoms with Gasteiger partial charge in [0.25, 0.3) is 0 Å².